The minimum atomic E-state index is -0.148. The summed E-state index contributed by atoms with van der Waals surface area (Å²) in [6.45, 7) is 7.28. The zero-order chi connectivity index (χ0) is 19.5. The first-order valence-electron chi connectivity index (χ1n) is 9.87. The molecule has 0 amide bonds. The number of hydrogen-bond acceptors (Lipinski definition) is 2. The van der Waals surface area contributed by atoms with Gasteiger partial charge < -0.3 is 9.30 Å². The Morgan fingerprint density at radius 2 is 1.50 bits per heavy atom. The van der Waals surface area contributed by atoms with Crippen LogP contribution in [0.4, 0.5) is 0 Å². The van der Waals surface area contributed by atoms with E-state index in [0.29, 0.717) is 5.92 Å². The average Bonchev–Trinajstić information content (AvgIpc) is 3.08. The van der Waals surface area contributed by atoms with Gasteiger partial charge in [-0.25, -0.2) is 4.98 Å². The maximum Gasteiger partial charge on any atom is 0.153 e. The van der Waals surface area contributed by atoms with Gasteiger partial charge >= 0.3 is 0 Å². The Hall–Kier alpha value is -3.07. The molecule has 0 aliphatic heterocycles. The largest absolute Gasteiger partial charge is 0.483 e. The molecule has 0 saturated heterocycles. The van der Waals surface area contributed by atoms with Crippen LogP contribution >= 0.6 is 0 Å². The predicted octanol–water partition coefficient (Wildman–Crippen LogP) is 6.35. The molecule has 3 nitrogen and oxygen atoms in total. The van der Waals surface area contributed by atoms with E-state index in [-0.39, 0.29) is 6.10 Å². The molecule has 142 valence electrons. The van der Waals surface area contributed by atoms with Crippen molar-refractivity contribution < 1.29 is 4.74 Å². The fourth-order valence-electron chi connectivity index (χ4n) is 3.52. The minimum absolute atomic E-state index is 0.148. The summed E-state index contributed by atoms with van der Waals surface area (Å²) in [6, 6.07) is 27.1. The molecule has 4 rings (SSSR count). The molecule has 0 saturated carbocycles. The highest BCUT2D eigenvalue weighted by Gasteiger charge is 2.18. The lowest BCUT2D eigenvalue weighted by Gasteiger charge is -2.17. The predicted molar refractivity (Wildman–Crippen MR) is 115 cm³/mol. The van der Waals surface area contributed by atoms with Gasteiger partial charge in [0.15, 0.2) is 11.9 Å². The van der Waals surface area contributed by atoms with E-state index in [9.17, 15) is 0 Å². The first-order valence-corrected chi connectivity index (χ1v) is 9.87. The average molecular weight is 370 g/mol. The molecular weight excluding hydrogens is 344 g/mol. The Balaban J connectivity index is 1.68. The highest BCUT2D eigenvalue weighted by molar-refractivity contribution is 5.76. The third-order valence-electron chi connectivity index (χ3n) is 5.09. The summed E-state index contributed by atoms with van der Waals surface area (Å²) in [7, 11) is 0. The summed E-state index contributed by atoms with van der Waals surface area (Å²) >= 11 is 0. The number of fused-ring (bicyclic) bond motifs is 1. The summed E-state index contributed by atoms with van der Waals surface area (Å²) in [5, 5.41) is 0. The molecule has 0 aliphatic carbocycles. The number of rotatable bonds is 6. The van der Waals surface area contributed by atoms with E-state index in [2.05, 4.69) is 67.8 Å². The Kier molecular flexibility index (Phi) is 5.16. The summed E-state index contributed by atoms with van der Waals surface area (Å²) in [5.41, 5.74) is 4.76. The zero-order valence-electron chi connectivity index (χ0n) is 16.7. The Morgan fingerprint density at radius 1 is 0.821 bits per heavy atom. The summed E-state index contributed by atoms with van der Waals surface area (Å²) < 4.78 is 8.45. The number of imidazole rings is 1. The number of hydrogen-bond donors (Lipinski definition) is 0. The monoisotopic (exact) mass is 370 g/mol. The molecule has 1 unspecified atom stereocenters. The highest BCUT2D eigenvalue weighted by atomic mass is 16.5. The minimum Gasteiger partial charge on any atom is -0.483 e. The molecule has 0 aliphatic rings. The molecule has 0 N–H and O–H groups in total. The maximum atomic E-state index is 6.18. The van der Waals surface area contributed by atoms with Crippen molar-refractivity contribution in [1.82, 2.24) is 9.55 Å². The van der Waals surface area contributed by atoms with Crippen molar-refractivity contribution in [3.05, 3.63) is 95.8 Å². The molecule has 3 aromatic carbocycles. The molecule has 0 radical (unpaired) electrons. The fraction of sp³-hybridized carbons (Fsp3) is 0.240. The summed E-state index contributed by atoms with van der Waals surface area (Å²) in [5.74, 6) is 2.34. The van der Waals surface area contributed by atoms with E-state index in [0.717, 1.165) is 29.2 Å². The number of para-hydroxylation sites is 3. The van der Waals surface area contributed by atoms with Crippen LogP contribution in [0, 0.1) is 0 Å². The molecular formula is C25H26N2O. The second-order valence-corrected chi connectivity index (χ2v) is 7.51. The van der Waals surface area contributed by atoms with Crippen LogP contribution in [-0.2, 0) is 6.54 Å². The van der Waals surface area contributed by atoms with Crippen molar-refractivity contribution in [2.75, 3.05) is 0 Å². The van der Waals surface area contributed by atoms with Crippen molar-refractivity contribution in [2.24, 2.45) is 0 Å². The summed E-state index contributed by atoms with van der Waals surface area (Å²) in [6.07, 6.45) is -0.148. The molecule has 0 bridgehead atoms. The van der Waals surface area contributed by atoms with Gasteiger partial charge in [-0.3, -0.25) is 0 Å². The first-order chi connectivity index (χ1) is 13.6. The van der Waals surface area contributed by atoms with Crippen LogP contribution in [0.5, 0.6) is 5.75 Å². The van der Waals surface area contributed by atoms with Crippen LogP contribution in [0.3, 0.4) is 0 Å². The summed E-state index contributed by atoms with van der Waals surface area (Å²) in [4.78, 5) is 4.89. The van der Waals surface area contributed by atoms with Gasteiger partial charge in [-0.2, -0.15) is 0 Å². The van der Waals surface area contributed by atoms with Gasteiger partial charge in [0, 0.05) is 6.54 Å². The van der Waals surface area contributed by atoms with Crippen LogP contribution in [0.2, 0.25) is 0 Å². The van der Waals surface area contributed by atoms with Crippen molar-refractivity contribution >= 4 is 11.0 Å². The van der Waals surface area contributed by atoms with Crippen molar-refractivity contribution in [1.29, 1.82) is 0 Å². The van der Waals surface area contributed by atoms with Crippen molar-refractivity contribution in [2.45, 2.75) is 39.3 Å². The third kappa shape index (κ3) is 3.79. The highest BCUT2D eigenvalue weighted by Crippen LogP contribution is 2.26. The van der Waals surface area contributed by atoms with Gasteiger partial charge in [-0.05, 0) is 48.2 Å². The Bertz CT molecular complexity index is 1050. The molecule has 0 fully saturated rings. The second kappa shape index (κ2) is 7.89. The molecule has 3 heteroatoms. The number of ether oxygens (including phenoxy) is 1. The standard InChI is InChI=1S/C25H26N2O/c1-18(2)21-15-13-20(14-16-21)17-27-24-12-8-7-11-23(24)26-25(27)19(3)28-22-9-5-4-6-10-22/h4-16,18-19H,17H2,1-3H3. The van der Waals surface area contributed by atoms with Crippen LogP contribution < -0.4 is 4.74 Å². The van der Waals surface area contributed by atoms with Gasteiger partial charge in [-0.1, -0.05) is 68.4 Å². The lowest BCUT2D eigenvalue weighted by molar-refractivity contribution is 0.212. The lowest BCUT2D eigenvalue weighted by atomic mass is 10.0. The first kappa shape index (κ1) is 18.3. The second-order valence-electron chi connectivity index (χ2n) is 7.51. The van der Waals surface area contributed by atoms with Gasteiger partial charge in [-0.15, -0.1) is 0 Å². The third-order valence-corrected chi connectivity index (χ3v) is 5.09. The maximum absolute atomic E-state index is 6.18. The number of aromatic nitrogens is 2. The number of nitrogens with zero attached hydrogens (tertiary/aromatic N) is 2. The normalized spacial score (nSPS) is 12.4. The zero-order valence-corrected chi connectivity index (χ0v) is 16.7. The van der Waals surface area contributed by atoms with E-state index in [1.54, 1.807) is 0 Å². The molecule has 1 heterocycles. The van der Waals surface area contributed by atoms with E-state index >= 15 is 0 Å². The SMILES string of the molecule is CC(C)c1ccc(Cn2c(C(C)Oc3ccccc3)nc3ccccc32)cc1. The van der Waals surface area contributed by atoms with Gasteiger partial charge in [0.05, 0.1) is 11.0 Å². The fourth-order valence-corrected chi connectivity index (χ4v) is 3.52. The van der Waals surface area contributed by atoms with Crippen LogP contribution in [0.1, 0.15) is 49.7 Å². The smallest absolute Gasteiger partial charge is 0.153 e. The topological polar surface area (TPSA) is 27.1 Å². The van der Waals surface area contributed by atoms with E-state index in [1.165, 1.54) is 11.1 Å². The van der Waals surface area contributed by atoms with Crippen LogP contribution in [-0.4, -0.2) is 9.55 Å². The van der Waals surface area contributed by atoms with E-state index in [4.69, 9.17) is 9.72 Å². The van der Waals surface area contributed by atoms with E-state index in [1.807, 2.05) is 36.4 Å². The van der Waals surface area contributed by atoms with Crippen molar-refractivity contribution in [3.63, 3.8) is 0 Å². The molecule has 0 spiro atoms. The molecule has 4 aromatic rings. The Morgan fingerprint density at radius 3 is 2.21 bits per heavy atom. The van der Waals surface area contributed by atoms with Crippen LogP contribution in [0.15, 0.2) is 78.9 Å². The number of benzene rings is 3. The molecule has 1 aromatic heterocycles. The van der Waals surface area contributed by atoms with Crippen LogP contribution in [0.25, 0.3) is 11.0 Å². The Labute approximate surface area is 166 Å². The van der Waals surface area contributed by atoms with Gasteiger partial charge in [0.1, 0.15) is 5.75 Å². The quantitative estimate of drug-likeness (QED) is 0.395. The van der Waals surface area contributed by atoms with E-state index < -0.39 is 0 Å². The van der Waals surface area contributed by atoms with Gasteiger partial charge in [0.25, 0.3) is 0 Å². The van der Waals surface area contributed by atoms with Gasteiger partial charge in [0.2, 0.25) is 0 Å². The van der Waals surface area contributed by atoms with Crippen molar-refractivity contribution in [3.8, 4) is 5.75 Å². The lowest BCUT2D eigenvalue weighted by Crippen LogP contribution is -2.12. The molecule has 28 heavy (non-hydrogen) atoms. The molecule has 1 atom stereocenters.